The van der Waals surface area contributed by atoms with Crippen LogP contribution in [0.3, 0.4) is 0 Å². The van der Waals surface area contributed by atoms with Crippen molar-refractivity contribution in [2.75, 3.05) is 6.61 Å². The van der Waals surface area contributed by atoms with Crippen molar-refractivity contribution in [2.45, 2.75) is 16.2 Å². The highest BCUT2D eigenvalue weighted by atomic mass is 127. The van der Waals surface area contributed by atoms with Crippen LogP contribution in [-0.4, -0.2) is 15.1 Å². The lowest BCUT2D eigenvalue weighted by Crippen LogP contribution is -1.88. The number of hydrogen-bond acceptors (Lipinski definition) is 1. The van der Waals surface area contributed by atoms with Gasteiger partial charge in [0.05, 0.1) is 3.38 Å². The van der Waals surface area contributed by atoms with Gasteiger partial charge in [0.25, 0.3) is 0 Å². The van der Waals surface area contributed by atoms with Gasteiger partial charge in [-0.15, -0.1) is 11.6 Å². The van der Waals surface area contributed by atoms with Crippen molar-refractivity contribution in [2.24, 2.45) is 0 Å². The van der Waals surface area contributed by atoms with Gasteiger partial charge in [-0.1, -0.05) is 22.6 Å². The van der Waals surface area contributed by atoms with E-state index in [1.54, 1.807) is 0 Å². The molecule has 0 saturated carbocycles. The summed E-state index contributed by atoms with van der Waals surface area (Å²) in [6.07, 6.45) is 1.72. The van der Waals surface area contributed by atoms with Crippen molar-refractivity contribution >= 4 is 34.2 Å². The molecule has 0 spiro atoms. The highest BCUT2D eigenvalue weighted by Gasteiger charge is 1.93. The van der Waals surface area contributed by atoms with Gasteiger partial charge in [0.2, 0.25) is 0 Å². The first kappa shape index (κ1) is 7.98. The molecule has 0 aliphatic carbocycles. The van der Waals surface area contributed by atoms with Gasteiger partial charge >= 0.3 is 0 Å². The highest BCUT2D eigenvalue weighted by Crippen LogP contribution is 2.11. The molecule has 3 heteroatoms. The lowest BCUT2D eigenvalue weighted by Gasteiger charge is -1.94. The number of aliphatic hydroxyl groups is 1. The monoisotopic (exact) mass is 234 g/mol. The molecule has 0 heterocycles. The zero-order chi connectivity index (χ0) is 5.70. The fourth-order valence-electron chi connectivity index (χ4n) is 0.246. The largest absolute Gasteiger partial charge is 0.396 e. The zero-order valence-corrected chi connectivity index (χ0v) is 6.82. The average Bonchev–Trinajstić information content (AvgIpc) is 1.61. The average molecular weight is 234 g/mol. The lowest BCUT2D eigenvalue weighted by molar-refractivity contribution is 0.287. The smallest absolute Gasteiger partial charge is 0.0851 e. The Morgan fingerprint density at radius 3 is 2.43 bits per heavy atom. The van der Waals surface area contributed by atoms with Crippen LogP contribution >= 0.6 is 34.2 Å². The van der Waals surface area contributed by atoms with E-state index in [2.05, 4.69) is 22.6 Å². The molecule has 0 saturated heterocycles. The Labute approximate surface area is 62.2 Å². The fraction of sp³-hybridized carbons (Fsp3) is 1.00. The first-order valence-corrected chi connectivity index (χ1v) is 3.84. The Bertz CT molecular complexity index is 40.7. The molecule has 0 rings (SSSR count). The van der Waals surface area contributed by atoms with E-state index in [1.807, 2.05) is 0 Å². The normalized spacial score (nSPS) is 14.1. The van der Waals surface area contributed by atoms with E-state index in [9.17, 15) is 0 Å². The molecule has 0 aliphatic rings. The van der Waals surface area contributed by atoms with Crippen molar-refractivity contribution in [3.05, 3.63) is 0 Å². The van der Waals surface area contributed by atoms with Crippen LogP contribution in [0.4, 0.5) is 0 Å². The third-order valence-corrected chi connectivity index (χ3v) is 1.42. The molecule has 0 aromatic heterocycles. The van der Waals surface area contributed by atoms with Crippen LogP contribution in [0.25, 0.3) is 0 Å². The van der Waals surface area contributed by atoms with Crippen LogP contribution in [0.2, 0.25) is 0 Å². The van der Waals surface area contributed by atoms with Gasteiger partial charge < -0.3 is 5.11 Å². The number of alkyl halides is 2. The third kappa shape index (κ3) is 6.98. The first-order chi connectivity index (χ1) is 3.27. The van der Waals surface area contributed by atoms with Crippen molar-refractivity contribution in [1.29, 1.82) is 0 Å². The minimum Gasteiger partial charge on any atom is -0.396 e. The van der Waals surface area contributed by atoms with Gasteiger partial charge in [-0.3, -0.25) is 0 Å². The molecule has 0 aliphatic heterocycles. The molecule has 1 unspecified atom stereocenters. The summed E-state index contributed by atoms with van der Waals surface area (Å²) in [6, 6.07) is 0. The maximum atomic E-state index is 8.25. The Kier molecular flexibility index (Phi) is 5.84. The van der Waals surface area contributed by atoms with Gasteiger partial charge in [-0.2, -0.15) is 0 Å². The van der Waals surface area contributed by atoms with Gasteiger partial charge in [0.15, 0.2) is 0 Å². The topological polar surface area (TPSA) is 20.2 Å². The van der Waals surface area contributed by atoms with Gasteiger partial charge in [-0.25, -0.2) is 0 Å². The Balaban J connectivity index is 2.68. The minimum atomic E-state index is 0.185. The van der Waals surface area contributed by atoms with E-state index in [4.69, 9.17) is 16.7 Å². The van der Waals surface area contributed by atoms with Gasteiger partial charge in [-0.05, 0) is 12.8 Å². The summed E-state index contributed by atoms with van der Waals surface area (Å²) in [4.78, 5) is 0. The number of aliphatic hydroxyl groups excluding tert-OH is 1. The SMILES string of the molecule is OCCCC(Cl)I. The number of rotatable bonds is 3. The maximum Gasteiger partial charge on any atom is 0.0851 e. The quantitative estimate of drug-likeness (QED) is 0.583. The second-order valence-electron chi connectivity index (χ2n) is 1.26. The summed E-state index contributed by atoms with van der Waals surface area (Å²) >= 11 is 7.65. The Morgan fingerprint density at radius 2 is 2.29 bits per heavy atom. The van der Waals surface area contributed by atoms with Crippen molar-refractivity contribution in [3.8, 4) is 0 Å². The molecule has 0 fully saturated rings. The van der Waals surface area contributed by atoms with E-state index in [0.717, 1.165) is 12.8 Å². The van der Waals surface area contributed by atoms with Gasteiger partial charge in [0, 0.05) is 6.61 Å². The van der Waals surface area contributed by atoms with Crippen LogP contribution in [0.5, 0.6) is 0 Å². The second-order valence-corrected chi connectivity index (χ2v) is 4.02. The molecular weight excluding hydrogens is 226 g/mol. The molecule has 7 heavy (non-hydrogen) atoms. The molecule has 1 atom stereocenters. The summed E-state index contributed by atoms with van der Waals surface area (Å²) < 4.78 is 0.185. The molecule has 0 radical (unpaired) electrons. The molecule has 0 aromatic carbocycles. The lowest BCUT2D eigenvalue weighted by atomic mass is 10.4. The summed E-state index contributed by atoms with van der Waals surface area (Å²) in [5.74, 6) is 0. The summed E-state index contributed by atoms with van der Waals surface area (Å²) in [5, 5.41) is 8.25. The zero-order valence-electron chi connectivity index (χ0n) is 3.90. The van der Waals surface area contributed by atoms with Crippen LogP contribution in [0, 0.1) is 0 Å². The fourth-order valence-corrected chi connectivity index (χ4v) is 0.840. The van der Waals surface area contributed by atoms with E-state index in [1.165, 1.54) is 0 Å². The predicted octanol–water partition coefficient (Wildman–Crippen LogP) is 1.76. The van der Waals surface area contributed by atoms with E-state index in [-0.39, 0.29) is 9.99 Å². The van der Waals surface area contributed by atoms with Crippen molar-refractivity contribution in [1.82, 2.24) is 0 Å². The summed E-state index contributed by atoms with van der Waals surface area (Å²) in [5.41, 5.74) is 0. The molecule has 0 amide bonds. The van der Waals surface area contributed by atoms with E-state index < -0.39 is 0 Å². The minimum absolute atomic E-state index is 0.185. The molecule has 0 bridgehead atoms. The van der Waals surface area contributed by atoms with Crippen LogP contribution in [-0.2, 0) is 0 Å². The maximum absolute atomic E-state index is 8.25. The molecule has 1 nitrogen and oxygen atoms in total. The second kappa shape index (κ2) is 5.12. The van der Waals surface area contributed by atoms with Crippen LogP contribution in [0.15, 0.2) is 0 Å². The highest BCUT2D eigenvalue weighted by molar-refractivity contribution is 14.1. The van der Waals surface area contributed by atoms with Crippen molar-refractivity contribution < 1.29 is 5.11 Å². The number of hydrogen-bond donors (Lipinski definition) is 1. The third-order valence-electron chi connectivity index (χ3n) is 0.580. The van der Waals surface area contributed by atoms with E-state index in [0.29, 0.717) is 0 Å². The summed E-state index contributed by atoms with van der Waals surface area (Å²) in [7, 11) is 0. The Hall–Kier alpha value is 0.980. The standard InChI is InChI=1S/C4H8ClIO/c5-4(6)2-1-3-7/h4,7H,1-3H2. The predicted molar refractivity (Wildman–Crippen MR) is 40.0 cm³/mol. The molecule has 1 N–H and O–H groups in total. The van der Waals surface area contributed by atoms with Crippen molar-refractivity contribution in [3.63, 3.8) is 0 Å². The Morgan fingerprint density at radius 1 is 1.71 bits per heavy atom. The summed E-state index contributed by atoms with van der Waals surface area (Å²) in [6.45, 7) is 0.256. The van der Waals surface area contributed by atoms with Crippen LogP contribution < -0.4 is 0 Å². The first-order valence-electron chi connectivity index (χ1n) is 2.16. The van der Waals surface area contributed by atoms with Gasteiger partial charge in [0.1, 0.15) is 0 Å². The molecule has 0 aromatic rings. The van der Waals surface area contributed by atoms with Crippen LogP contribution in [0.1, 0.15) is 12.8 Å². The molecule has 44 valence electrons. The molecular formula is C4H8ClIO. The number of halogens is 2. The van der Waals surface area contributed by atoms with E-state index >= 15 is 0 Å².